The van der Waals surface area contributed by atoms with Gasteiger partial charge >= 0.3 is 0 Å². The van der Waals surface area contributed by atoms with E-state index in [9.17, 15) is 0 Å². The molecule has 0 amide bonds. The third-order valence-electron chi connectivity index (χ3n) is 22.3. The van der Waals surface area contributed by atoms with Crippen LogP contribution in [-0.2, 0) is 17.6 Å². The highest BCUT2D eigenvalue weighted by Gasteiger charge is 2.50. The molecule has 1 aromatic carbocycles. The molecule has 1 aliphatic heterocycles. The maximum Gasteiger partial charge on any atom is 0.0494 e. The van der Waals surface area contributed by atoms with Crippen molar-refractivity contribution in [1.29, 1.82) is 0 Å². The standard InChI is InChI=1S/C14H24.C11H18.C10H15N.2C10H20.C10H14.C10H22.C9H18O.C9H20/c1-10(2)6-14-7-11-3-12(8-14)5-13(4-11)9-14;1-8(2)5-11-7-9-3-4-10(11)6-9;1-8(2)7-10-9(3)5-4-6-11-10;3*1-9(2)8-10-6-4-3-5-7-10;1-8(2)7-9(3)10(4,5)6;1-8(2)6-9-4-3-5-10-7-9;1-8(2)6-7-9(3,4)5/h10-13H,3-9H2,1-2H3;3-4,8-11H,5-7H2,1-2H3;4-6,8H,7H2,1-3H3;2*9-10H,3-8H2,1-2H3;3-7,9H,8H2,1-2H3;8-9H,7H2,1-6H3;8-9H,3-7H2,1-2H3;8H,6-7H2,1-5H3. The van der Waals surface area contributed by atoms with Gasteiger partial charge in [0.2, 0.25) is 0 Å². The second-order valence-electron chi connectivity index (χ2n) is 39.5. The SMILES string of the molecule is CC(C)CC(C)C(C)(C)C.CC(C)CC12CC3CC(CC(C3)C1)C2.CC(C)CC1CC2C=CC1C2.CC(C)CC1CCCCC1.CC(C)CC1CCCCC1.CC(C)CC1CCCOC1.CC(C)CCC(C)(C)C.CC(C)Cc1ccccc1.Cc1cccnc1CC(C)C. The number of aryl methyl sites for hydroxylation is 1. The Morgan fingerprint density at radius 3 is 1.31 bits per heavy atom. The van der Waals surface area contributed by atoms with Crippen LogP contribution in [-0.4, -0.2) is 18.2 Å². The van der Waals surface area contributed by atoms with Crippen molar-refractivity contribution in [3.63, 3.8) is 0 Å². The van der Waals surface area contributed by atoms with Crippen LogP contribution in [0.15, 0.2) is 60.8 Å². The Hall–Kier alpha value is -1.93. The first-order valence-electron chi connectivity index (χ1n) is 41.7. The fourth-order valence-corrected chi connectivity index (χ4v) is 18.0. The second kappa shape index (κ2) is 48.0. The monoisotopic (exact) mass is 1320 g/mol. The van der Waals surface area contributed by atoms with Crippen LogP contribution in [0.5, 0.6) is 0 Å². The number of aromatic nitrogens is 1. The molecule has 0 spiro atoms. The van der Waals surface area contributed by atoms with Gasteiger partial charge in [-0.25, -0.2) is 0 Å². The molecule has 2 heterocycles. The molecule has 8 aliphatic carbocycles. The first kappa shape index (κ1) is 89.2. The van der Waals surface area contributed by atoms with Crippen LogP contribution >= 0.6 is 0 Å². The van der Waals surface area contributed by atoms with Crippen molar-refractivity contribution >= 4 is 0 Å². The average molecular weight is 1320 g/mol. The Morgan fingerprint density at radius 2 is 0.958 bits per heavy atom. The number of fused-ring (bicyclic) bond motifs is 2. The molecular formula is C93H171NO. The molecule has 1 aromatic heterocycles. The molecule has 7 saturated carbocycles. The van der Waals surface area contributed by atoms with E-state index in [0.717, 1.165) is 132 Å². The van der Waals surface area contributed by atoms with E-state index in [-0.39, 0.29) is 0 Å². The van der Waals surface area contributed by atoms with E-state index < -0.39 is 0 Å². The minimum absolute atomic E-state index is 0.490. The zero-order valence-corrected chi connectivity index (χ0v) is 69.2. The van der Waals surface area contributed by atoms with E-state index in [0.29, 0.717) is 16.7 Å². The average Bonchev–Trinajstić information content (AvgIpc) is 1.23. The van der Waals surface area contributed by atoms with Crippen LogP contribution in [0.25, 0.3) is 0 Å². The lowest BCUT2D eigenvalue weighted by Gasteiger charge is -2.57. The highest BCUT2D eigenvalue weighted by molar-refractivity contribution is 5.18. The molecule has 554 valence electrons. The van der Waals surface area contributed by atoms with Gasteiger partial charge in [0, 0.05) is 25.1 Å². The molecule has 1 saturated heterocycles. The Labute approximate surface area is 598 Å². The van der Waals surface area contributed by atoms with Gasteiger partial charge in [-0.05, 0) is 275 Å². The minimum Gasteiger partial charge on any atom is -0.381 e. The molecule has 8 fully saturated rings. The fourth-order valence-electron chi connectivity index (χ4n) is 18.0. The van der Waals surface area contributed by atoms with Crippen LogP contribution in [0.3, 0.4) is 0 Å². The van der Waals surface area contributed by atoms with Crippen molar-refractivity contribution in [2.24, 2.45) is 129 Å². The lowest BCUT2D eigenvalue weighted by atomic mass is 9.48. The van der Waals surface area contributed by atoms with Crippen LogP contribution < -0.4 is 0 Å². The molecular weight excluding hydrogens is 1150 g/mol. The molecule has 0 N–H and O–H groups in total. The van der Waals surface area contributed by atoms with Gasteiger partial charge < -0.3 is 4.74 Å². The molecule has 5 unspecified atom stereocenters. The van der Waals surface area contributed by atoms with Gasteiger partial charge in [0.25, 0.3) is 0 Å². The predicted octanol–water partition coefficient (Wildman–Crippen LogP) is 29.8. The van der Waals surface area contributed by atoms with E-state index in [4.69, 9.17) is 4.74 Å². The number of nitrogens with zero attached hydrogens (tertiary/aromatic N) is 1. The summed E-state index contributed by atoms with van der Waals surface area (Å²) in [4.78, 5) is 4.32. The molecule has 9 aliphatic rings. The molecule has 95 heavy (non-hydrogen) atoms. The molecule has 6 bridgehead atoms. The first-order chi connectivity index (χ1) is 44.5. The third-order valence-corrected chi connectivity index (χ3v) is 22.3. The molecule has 2 nitrogen and oxygen atoms in total. The number of allylic oxidation sites excluding steroid dienone is 2. The second-order valence-corrected chi connectivity index (χ2v) is 39.5. The Bertz CT molecular complexity index is 2040. The summed E-state index contributed by atoms with van der Waals surface area (Å²) in [6, 6.07) is 14.7. The molecule has 11 rings (SSSR count). The number of benzene rings is 1. The number of hydrogen-bond acceptors (Lipinski definition) is 2. The van der Waals surface area contributed by atoms with E-state index in [2.05, 4.69) is 234 Å². The van der Waals surface area contributed by atoms with E-state index >= 15 is 0 Å². The topological polar surface area (TPSA) is 22.1 Å². The van der Waals surface area contributed by atoms with Gasteiger partial charge in [0.05, 0.1) is 0 Å². The maximum atomic E-state index is 5.38. The van der Waals surface area contributed by atoms with Crippen LogP contribution in [0.1, 0.15) is 370 Å². The molecule has 2 aromatic rings. The highest BCUT2D eigenvalue weighted by atomic mass is 16.5. The summed E-state index contributed by atoms with van der Waals surface area (Å²) in [5, 5.41) is 0. The van der Waals surface area contributed by atoms with Gasteiger partial charge in [-0.2, -0.15) is 0 Å². The summed E-state index contributed by atoms with van der Waals surface area (Å²) < 4.78 is 5.38. The Balaban J connectivity index is 0.000000365. The third kappa shape index (κ3) is 44.1. The summed E-state index contributed by atoms with van der Waals surface area (Å²) in [6.07, 6.45) is 50.6. The summed E-state index contributed by atoms with van der Waals surface area (Å²) >= 11 is 0. The molecule has 2 heteroatoms. The van der Waals surface area contributed by atoms with Crippen molar-refractivity contribution < 1.29 is 4.74 Å². The van der Waals surface area contributed by atoms with Crippen molar-refractivity contribution in [2.75, 3.05) is 13.2 Å². The molecule has 0 radical (unpaired) electrons. The smallest absolute Gasteiger partial charge is 0.0494 e. The van der Waals surface area contributed by atoms with E-state index in [1.54, 1.807) is 38.5 Å². The number of pyridine rings is 1. The summed E-state index contributed by atoms with van der Waals surface area (Å²) in [5.41, 5.74) is 5.83. The zero-order valence-electron chi connectivity index (χ0n) is 69.2. The van der Waals surface area contributed by atoms with Crippen molar-refractivity contribution in [3.8, 4) is 0 Å². The highest BCUT2D eigenvalue weighted by Crippen LogP contribution is 2.62. The Kier molecular flexibility index (Phi) is 45.1. The first-order valence-corrected chi connectivity index (χ1v) is 41.7. The lowest BCUT2D eigenvalue weighted by molar-refractivity contribution is -0.0632. The Morgan fingerprint density at radius 1 is 0.474 bits per heavy atom. The minimum atomic E-state index is 0.490. The van der Waals surface area contributed by atoms with E-state index in [1.165, 1.54) is 164 Å². The molecule has 5 atom stereocenters. The van der Waals surface area contributed by atoms with Gasteiger partial charge in [-0.15, -0.1) is 0 Å². The summed E-state index contributed by atoms with van der Waals surface area (Å²) in [5.74, 6) is 17.9. The largest absolute Gasteiger partial charge is 0.381 e. The quantitative estimate of drug-likeness (QED) is 0.139. The predicted molar refractivity (Wildman–Crippen MR) is 428 cm³/mol. The van der Waals surface area contributed by atoms with Gasteiger partial charge in [0.1, 0.15) is 0 Å². The zero-order chi connectivity index (χ0) is 71.3. The fraction of sp³-hybridized carbons (Fsp3) is 0.860. The van der Waals surface area contributed by atoms with Crippen molar-refractivity contribution in [1.82, 2.24) is 4.98 Å². The summed E-state index contributed by atoms with van der Waals surface area (Å²) in [6.45, 7) is 61.9. The number of hydrogen-bond donors (Lipinski definition) is 0. The number of rotatable bonds is 18. The van der Waals surface area contributed by atoms with Crippen molar-refractivity contribution in [3.05, 3.63) is 77.6 Å². The van der Waals surface area contributed by atoms with Gasteiger partial charge in [-0.3, -0.25) is 4.98 Å². The maximum absolute atomic E-state index is 5.38. The lowest BCUT2D eigenvalue weighted by Crippen LogP contribution is -2.46. The van der Waals surface area contributed by atoms with Crippen LogP contribution in [0.4, 0.5) is 0 Å². The van der Waals surface area contributed by atoms with Crippen molar-refractivity contribution in [2.45, 2.75) is 373 Å². The van der Waals surface area contributed by atoms with E-state index in [1.807, 2.05) is 12.3 Å². The summed E-state index contributed by atoms with van der Waals surface area (Å²) in [7, 11) is 0. The van der Waals surface area contributed by atoms with Crippen LogP contribution in [0, 0.1) is 136 Å². The van der Waals surface area contributed by atoms with Crippen LogP contribution in [0.2, 0.25) is 0 Å². The van der Waals surface area contributed by atoms with Gasteiger partial charge in [0.15, 0.2) is 0 Å². The normalized spacial score (nSPS) is 24.8. The number of ether oxygens (including phenoxy) is 1. The van der Waals surface area contributed by atoms with Gasteiger partial charge in [-0.1, -0.05) is 292 Å².